The van der Waals surface area contributed by atoms with Crippen molar-refractivity contribution in [2.24, 2.45) is 0 Å². The first-order valence-electron chi connectivity index (χ1n) is 22.6. The molecule has 56 heavy (non-hydrogen) atoms. The molecule has 2 aliphatic heterocycles. The van der Waals surface area contributed by atoms with Crippen LogP contribution in [0.1, 0.15) is 146 Å². The summed E-state index contributed by atoms with van der Waals surface area (Å²) < 4.78 is 0. The highest BCUT2D eigenvalue weighted by Crippen LogP contribution is 2.42. The standard InChI is InChI=1S/C32H61N7.C13H32N4/c1-14-16-18-38(25-20-29(4,5)36(12)30(6,7)21-25)27-33-24(3)34-28(35-27)39(19-17-15-2)26-22-31(8,9)37(13)32(10,11)23-26;1-14-8-5-10-16(3)12-7-13-17(4)11-6-9-15-2/h25-26H,14-23H2,1-13H3;14-15H,5-13H2,1-4H3. The third kappa shape index (κ3) is 15.5. The molecule has 2 N–H and O–H groups in total. The van der Waals surface area contributed by atoms with Gasteiger partial charge in [-0.25, -0.2) is 0 Å². The number of anilines is 2. The predicted octanol–water partition coefficient (Wildman–Crippen LogP) is 7.15. The van der Waals surface area contributed by atoms with Crippen LogP contribution in [0.2, 0.25) is 0 Å². The van der Waals surface area contributed by atoms with Crippen molar-refractivity contribution >= 4 is 11.9 Å². The Kier molecular flexibility index (Phi) is 21.0. The maximum atomic E-state index is 5.32. The fourth-order valence-corrected chi connectivity index (χ4v) is 9.22. The van der Waals surface area contributed by atoms with Gasteiger partial charge in [-0.3, -0.25) is 9.80 Å². The van der Waals surface area contributed by atoms with Gasteiger partial charge < -0.3 is 30.2 Å². The van der Waals surface area contributed by atoms with E-state index in [0.29, 0.717) is 12.1 Å². The van der Waals surface area contributed by atoms with E-state index in [2.05, 4.69) is 144 Å². The molecule has 0 atom stereocenters. The Morgan fingerprint density at radius 1 is 0.536 bits per heavy atom. The van der Waals surface area contributed by atoms with Crippen LogP contribution >= 0.6 is 0 Å². The molecule has 328 valence electrons. The molecule has 11 nitrogen and oxygen atoms in total. The first-order valence-corrected chi connectivity index (χ1v) is 22.6. The summed E-state index contributed by atoms with van der Waals surface area (Å²) in [5.41, 5.74) is 0.445. The van der Waals surface area contributed by atoms with Gasteiger partial charge in [-0.2, -0.15) is 15.0 Å². The normalized spacial score (nSPS) is 20.0. The lowest BCUT2D eigenvalue weighted by atomic mass is 9.77. The molecule has 0 saturated carbocycles. The summed E-state index contributed by atoms with van der Waals surface area (Å²) in [5, 5.41) is 6.37. The van der Waals surface area contributed by atoms with Crippen LogP contribution in [0.4, 0.5) is 11.9 Å². The number of aromatic nitrogens is 3. The van der Waals surface area contributed by atoms with Crippen LogP contribution in [0.3, 0.4) is 0 Å². The zero-order valence-electron chi connectivity index (χ0n) is 40.1. The van der Waals surface area contributed by atoms with E-state index in [1.165, 1.54) is 45.4 Å². The predicted molar refractivity (Wildman–Crippen MR) is 244 cm³/mol. The van der Waals surface area contributed by atoms with Gasteiger partial charge >= 0.3 is 0 Å². The van der Waals surface area contributed by atoms with Gasteiger partial charge in [-0.15, -0.1) is 0 Å². The second kappa shape index (κ2) is 23.2. The van der Waals surface area contributed by atoms with Crippen molar-refractivity contribution in [3.8, 4) is 0 Å². The molecule has 0 spiro atoms. The third-order valence-electron chi connectivity index (χ3n) is 13.2. The minimum atomic E-state index is 0.111. The maximum absolute atomic E-state index is 5.32. The molecule has 1 aromatic rings. The van der Waals surface area contributed by atoms with Crippen molar-refractivity contribution in [3.63, 3.8) is 0 Å². The van der Waals surface area contributed by atoms with Crippen LogP contribution in [-0.4, -0.2) is 163 Å². The van der Waals surface area contributed by atoms with Gasteiger partial charge in [-0.05, 0) is 202 Å². The fourth-order valence-electron chi connectivity index (χ4n) is 9.22. The van der Waals surface area contributed by atoms with Crippen LogP contribution < -0.4 is 20.4 Å². The highest BCUT2D eigenvalue weighted by molar-refractivity contribution is 5.42. The lowest BCUT2D eigenvalue weighted by molar-refractivity contribution is -0.0130. The smallest absolute Gasteiger partial charge is 0.230 e. The zero-order valence-corrected chi connectivity index (χ0v) is 40.1. The van der Waals surface area contributed by atoms with E-state index >= 15 is 0 Å². The quantitative estimate of drug-likeness (QED) is 0.118. The number of unbranched alkanes of at least 4 members (excludes halogenated alkanes) is 2. The van der Waals surface area contributed by atoms with Gasteiger partial charge in [0.2, 0.25) is 11.9 Å². The van der Waals surface area contributed by atoms with Crippen molar-refractivity contribution in [1.82, 2.24) is 45.2 Å². The molecule has 2 aliphatic rings. The summed E-state index contributed by atoms with van der Waals surface area (Å²) >= 11 is 0. The molecule has 0 unspecified atom stereocenters. The number of hydrogen-bond donors (Lipinski definition) is 2. The minimum Gasteiger partial charge on any atom is -0.338 e. The van der Waals surface area contributed by atoms with E-state index in [0.717, 1.165) is 95.3 Å². The summed E-state index contributed by atoms with van der Waals surface area (Å²) in [6.45, 7) is 34.7. The number of nitrogens with zero attached hydrogens (tertiary/aromatic N) is 9. The molecule has 0 aliphatic carbocycles. The lowest BCUT2D eigenvalue weighted by Gasteiger charge is -2.56. The first-order chi connectivity index (χ1) is 26.1. The van der Waals surface area contributed by atoms with Gasteiger partial charge in [0.1, 0.15) is 5.82 Å². The average Bonchev–Trinajstić information content (AvgIpc) is 3.10. The number of rotatable bonds is 22. The molecular weight excluding hydrogens is 695 g/mol. The third-order valence-corrected chi connectivity index (χ3v) is 13.2. The zero-order chi connectivity index (χ0) is 42.3. The van der Waals surface area contributed by atoms with Crippen LogP contribution in [0.15, 0.2) is 0 Å². The second-order valence-corrected chi connectivity index (χ2v) is 19.9. The summed E-state index contributed by atoms with van der Waals surface area (Å²) in [6, 6.07) is 0.801. The summed E-state index contributed by atoms with van der Waals surface area (Å²) in [5.74, 6) is 2.58. The van der Waals surface area contributed by atoms with E-state index in [1.807, 2.05) is 14.1 Å². The number of nitrogens with one attached hydrogen (secondary N) is 2. The molecular formula is C45H93N11. The number of aryl methyl sites for hydroxylation is 1. The first kappa shape index (κ1) is 50.5. The Morgan fingerprint density at radius 3 is 1.16 bits per heavy atom. The average molecular weight is 788 g/mol. The van der Waals surface area contributed by atoms with Gasteiger partial charge in [0, 0.05) is 47.3 Å². The Labute approximate surface area is 347 Å². The largest absolute Gasteiger partial charge is 0.338 e. The van der Waals surface area contributed by atoms with Crippen molar-refractivity contribution in [2.75, 3.05) is 104 Å². The molecule has 3 rings (SSSR count). The molecule has 3 heterocycles. The van der Waals surface area contributed by atoms with E-state index in [4.69, 9.17) is 15.0 Å². The molecule has 11 heteroatoms. The lowest BCUT2D eigenvalue weighted by Crippen LogP contribution is -2.63. The Morgan fingerprint density at radius 2 is 0.857 bits per heavy atom. The molecule has 0 aromatic carbocycles. The van der Waals surface area contributed by atoms with Gasteiger partial charge in [0.25, 0.3) is 0 Å². The van der Waals surface area contributed by atoms with Crippen molar-refractivity contribution in [3.05, 3.63) is 5.82 Å². The van der Waals surface area contributed by atoms with Crippen LogP contribution in [-0.2, 0) is 0 Å². The summed E-state index contributed by atoms with van der Waals surface area (Å²) in [4.78, 5) is 30.4. The monoisotopic (exact) mass is 788 g/mol. The Balaban J connectivity index is 0.000000536. The Hall–Kier alpha value is -1.63. The Bertz CT molecular complexity index is 1110. The molecule has 1 aromatic heterocycles. The van der Waals surface area contributed by atoms with Crippen molar-refractivity contribution < 1.29 is 0 Å². The van der Waals surface area contributed by atoms with Crippen LogP contribution in [0.25, 0.3) is 0 Å². The maximum Gasteiger partial charge on any atom is 0.230 e. The van der Waals surface area contributed by atoms with Crippen molar-refractivity contribution in [1.29, 1.82) is 0 Å². The van der Waals surface area contributed by atoms with E-state index in [1.54, 1.807) is 0 Å². The molecule has 2 fully saturated rings. The summed E-state index contributed by atoms with van der Waals surface area (Å²) in [7, 11) is 13.0. The van der Waals surface area contributed by atoms with E-state index < -0.39 is 0 Å². The van der Waals surface area contributed by atoms with Gasteiger partial charge in [-0.1, -0.05) is 26.7 Å². The molecule has 0 bridgehead atoms. The van der Waals surface area contributed by atoms with E-state index in [-0.39, 0.29) is 22.2 Å². The number of piperidine rings is 2. The number of hydrogen-bond acceptors (Lipinski definition) is 11. The number of likely N-dealkylation sites (tertiary alicyclic amines) is 2. The van der Waals surface area contributed by atoms with E-state index in [9.17, 15) is 0 Å². The van der Waals surface area contributed by atoms with Crippen LogP contribution in [0, 0.1) is 6.92 Å². The van der Waals surface area contributed by atoms with Gasteiger partial charge in [0.05, 0.1) is 0 Å². The summed E-state index contributed by atoms with van der Waals surface area (Å²) in [6.07, 6.45) is 12.8. The SMILES string of the molecule is CCCCN(c1nc(C)nc(N(CCCC)C2CC(C)(C)N(C)C(C)(C)C2)n1)C1CC(C)(C)N(C)C(C)(C)C1.CNCCCN(C)CCCN(C)CCCNC. The highest BCUT2D eigenvalue weighted by Gasteiger charge is 2.47. The minimum absolute atomic E-state index is 0.111. The van der Waals surface area contributed by atoms with Crippen LogP contribution in [0.5, 0.6) is 0 Å². The second-order valence-electron chi connectivity index (χ2n) is 19.9. The topological polar surface area (TPSA) is 82.2 Å². The highest BCUT2D eigenvalue weighted by atomic mass is 15.4. The molecule has 0 radical (unpaired) electrons. The van der Waals surface area contributed by atoms with Gasteiger partial charge in [0.15, 0.2) is 0 Å². The molecule has 0 amide bonds. The fraction of sp³-hybridized carbons (Fsp3) is 0.933. The molecule has 2 saturated heterocycles. The van der Waals surface area contributed by atoms with Crippen molar-refractivity contribution in [2.45, 2.75) is 181 Å².